The van der Waals surface area contributed by atoms with Gasteiger partial charge in [0.2, 0.25) is 5.91 Å². The third kappa shape index (κ3) is 2.70. The number of aliphatic carboxylic acids is 1. The van der Waals surface area contributed by atoms with E-state index in [0.717, 1.165) is 11.1 Å². The Labute approximate surface area is 132 Å². The summed E-state index contributed by atoms with van der Waals surface area (Å²) in [6.45, 7) is 0.222. The summed E-state index contributed by atoms with van der Waals surface area (Å²) in [6, 6.07) is 15.0. The Balaban J connectivity index is 1.85. The smallest absolute Gasteiger partial charge is 0.308 e. The highest BCUT2D eigenvalue weighted by molar-refractivity contribution is 6.33. The molecule has 1 heterocycles. The minimum absolute atomic E-state index is 0.0571. The lowest BCUT2D eigenvalue weighted by atomic mass is 10.1. The predicted octanol–water partition coefficient (Wildman–Crippen LogP) is 3.44. The first-order valence-electron chi connectivity index (χ1n) is 6.94. The second kappa shape index (κ2) is 5.81. The SMILES string of the molecule is O=C(O)C1CC(=O)N(c2ccc(-c3ccccc3Cl)cc2)C1. The molecule has 2 aromatic rings. The number of carbonyl (C=O) groups is 2. The summed E-state index contributed by atoms with van der Waals surface area (Å²) in [7, 11) is 0. The maximum absolute atomic E-state index is 11.9. The molecule has 3 rings (SSSR count). The number of halogens is 1. The number of anilines is 1. The van der Waals surface area contributed by atoms with Crippen LogP contribution >= 0.6 is 11.6 Å². The standard InChI is InChI=1S/C17H14ClNO3/c18-15-4-2-1-3-14(15)11-5-7-13(8-6-11)19-10-12(17(21)22)9-16(19)20/h1-8,12H,9-10H2,(H,21,22). The van der Waals surface area contributed by atoms with E-state index in [1.54, 1.807) is 0 Å². The molecule has 0 saturated carbocycles. The highest BCUT2D eigenvalue weighted by Crippen LogP contribution is 2.31. The molecule has 0 aromatic heterocycles. The zero-order valence-corrected chi connectivity index (χ0v) is 12.5. The fourth-order valence-corrected chi connectivity index (χ4v) is 2.88. The number of rotatable bonds is 3. The molecule has 1 fully saturated rings. The molecule has 1 amide bonds. The van der Waals surface area contributed by atoms with E-state index >= 15 is 0 Å². The summed E-state index contributed by atoms with van der Waals surface area (Å²) in [5.41, 5.74) is 2.59. The zero-order valence-electron chi connectivity index (χ0n) is 11.7. The van der Waals surface area contributed by atoms with Crippen LogP contribution < -0.4 is 4.90 Å². The maximum atomic E-state index is 11.9. The van der Waals surface area contributed by atoms with Gasteiger partial charge in [0, 0.05) is 29.2 Å². The van der Waals surface area contributed by atoms with Gasteiger partial charge in [-0.1, -0.05) is 41.9 Å². The number of nitrogens with zero attached hydrogens (tertiary/aromatic N) is 1. The topological polar surface area (TPSA) is 57.6 Å². The van der Waals surface area contributed by atoms with E-state index in [9.17, 15) is 9.59 Å². The van der Waals surface area contributed by atoms with Crippen molar-refractivity contribution in [3.63, 3.8) is 0 Å². The second-order valence-electron chi connectivity index (χ2n) is 5.27. The van der Waals surface area contributed by atoms with Gasteiger partial charge in [0.15, 0.2) is 0 Å². The highest BCUT2D eigenvalue weighted by atomic mass is 35.5. The number of carbonyl (C=O) groups excluding carboxylic acids is 1. The first-order chi connectivity index (χ1) is 10.6. The summed E-state index contributed by atoms with van der Waals surface area (Å²) in [6.07, 6.45) is 0.0571. The molecule has 1 N–H and O–H groups in total. The minimum Gasteiger partial charge on any atom is -0.481 e. The van der Waals surface area contributed by atoms with E-state index in [1.807, 2.05) is 48.5 Å². The molecule has 0 spiro atoms. The molecule has 5 heteroatoms. The molecule has 1 atom stereocenters. The van der Waals surface area contributed by atoms with E-state index < -0.39 is 11.9 Å². The first kappa shape index (κ1) is 14.6. The quantitative estimate of drug-likeness (QED) is 0.944. The van der Waals surface area contributed by atoms with Gasteiger partial charge in [-0.15, -0.1) is 0 Å². The van der Waals surface area contributed by atoms with Crippen molar-refractivity contribution in [2.24, 2.45) is 5.92 Å². The summed E-state index contributed by atoms with van der Waals surface area (Å²) in [5, 5.41) is 9.69. The molecule has 2 aromatic carbocycles. The highest BCUT2D eigenvalue weighted by Gasteiger charge is 2.34. The van der Waals surface area contributed by atoms with E-state index in [0.29, 0.717) is 10.7 Å². The van der Waals surface area contributed by atoms with Crippen molar-refractivity contribution in [2.45, 2.75) is 6.42 Å². The Kier molecular flexibility index (Phi) is 3.86. The van der Waals surface area contributed by atoms with Gasteiger partial charge in [0.05, 0.1) is 5.92 Å². The van der Waals surface area contributed by atoms with Crippen LogP contribution in [0.15, 0.2) is 48.5 Å². The van der Waals surface area contributed by atoms with Crippen molar-refractivity contribution in [3.8, 4) is 11.1 Å². The van der Waals surface area contributed by atoms with Crippen molar-refractivity contribution in [1.82, 2.24) is 0 Å². The fraction of sp³-hybridized carbons (Fsp3) is 0.176. The molecule has 1 aliphatic rings. The van der Waals surface area contributed by atoms with Crippen LogP contribution in [0, 0.1) is 5.92 Å². The lowest BCUT2D eigenvalue weighted by molar-refractivity contribution is -0.141. The Morgan fingerprint density at radius 1 is 1.14 bits per heavy atom. The Morgan fingerprint density at radius 2 is 1.82 bits per heavy atom. The third-order valence-corrected chi connectivity index (χ3v) is 4.17. The van der Waals surface area contributed by atoms with Crippen molar-refractivity contribution >= 4 is 29.2 Å². The van der Waals surface area contributed by atoms with E-state index in [1.165, 1.54) is 4.90 Å². The van der Waals surface area contributed by atoms with Crippen LogP contribution in [0.5, 0.6) is 0 Å². The number of benzene rings is 2. The number of hydrogen-bond acceptors (Lipinski definition) is 2. The average Bonchev–Trinajstić information content (AvgIpc) is 2.90. The third-order valence-electron chi connectivity index (χ3n) is 3.84. The van der Waals surface area contributed by atoms with Gasteiger partial charge < -0.3 is 10.0 Å². The monoisotopic (exact) mass is 315 g/mol. The normalized spacial score (nSPS) is 17.8. The maximum Gasteiger partial charge on any atom is 0.308 e. The van der Waals surface area contributed by atoms with Gasteiger partial charge in [-0.2, -0.15) is 0 Å². The van der Waals surface area contributed by atoms with Gasteiger partial charge in [0.1, 0.15) is 0 Å². The number of hydrogen-bond donors (Lipinski definition) is 1. The fourth-order valence-electron chi connectivity index (χ4n) is 2.64. The van der Waals surface area contributed by atoms with E-state index in [2.05, 4.69) is 0 Å². The number of carboxylic acids is 1. The Bertz CT molecular complexity index is 727. The van der Waals surface area contributed by atoms with Crippen LogP contribution in [-0.2, 0) is 9.59 Å². The largest absolute Gasteiger partial charge is 0.481 e. The summed E-state index contributed by atoms with van der Waals surface area (Å²) >= 11 is 6.17. The molecular formula is C17H14ClNO3. The van der Waals surface area contributed by atoms with Gasteiger partial charge in [-0.25, -0.2) is 0 Å². The molecule has 4 nitrogen and oxygen atoms in total. The summed E-state index contributed by atoms with van der Waals surface area (Å²) < 4.78 is 0. The molecule has 1 unspecified atom stereocenters. The molecule has 22 heavy (non-hydrogen) atoms. The van der Waals surface area contributed by atoms with Crippen molar-refractivity contribution in [3.05, 3.63) is 53.6 Å². The number of amides is 1. The van der Waals surface area contributed by atoms with Crippen LogP contribution in [0.1, 0.15) is 6.42 Å². The molecule has 0 aliphatic carbocycles. The van der Waals surface area contributed by atoms with Gasteiger partial charge in [-0.3, -0.25) is 9.59 Å². The van der Waals surface area contributed by atoms with E-state index in [4.69, 9.17) is 16.7 Å². The minimum atomic E-state index is -0.927. The Morgan fingerprint density at radius 3 is 2.41 bits per heavy atom. The summed E-state index contributed by atoms with van der Waals surface area (Å²) in [4.78, 5) is 24.5. The molecule has 1 aliphatic heterocycles. The first-order valence-corrected chi connectivity index (χ1v) is 7.32. The van der Waals surface area contributed by atoms with Crippen LogP contribution in [0.2, 0.25) is 5.02 Å². The van der Waals surface area contributed by atoms with Crippen molar-refractivity contribution in [2.75, 3.05) is 11.4 Å². The Hall–Kier alpha value is -2.33. The van der Waals surface area contributed by atoms with Gasteiger partial charge in [0.25, 0.3) is 0 Å². The van der Waals surface area contributed by atoms with Crippen LogP contribution in [0.4, 0.5) is 5.69 Å². The van der Waals surface area contributed by atoms with Crippen molar-refractivity contribution in [1.29, 1.82) is 0 Å². The van der Waals surface area contributed by atoms with Crippen LogP contribution in [0.25, 0.3) is 11.1 Å². The molecule has 112 valence electrons. The lowest BCUT2D eigenvalue weighted by Crippen LogP contribution is -2.25. The summed E-state index contributed by atoms with van der Waals surface area (Å²) in [5.74, 6) is -1.71. The van der Waals surface area contributed by atoms with E-state index in [-0.39, 0.29) is 18.9 Å². The molecule has 0 radical (unpaired) electrons. The van der Waals surface area contributed by atoms with Gasteiger partial charge in [-0.05, 0) is 23.8 Å². The molecule has 1 saturated heterocycles. The van der Waals surface area contributed by atoms with Crippen LogP contribution in [-0.4, -0.2) is 23.5 Å². The predicted molar refractivity (Wildman–Crippen MR) is 85.0 cm³/mol. The molecular weight excluding hydrogens is 302 g/mol. The van der Waals surface area contributed by atoms with Crippen molar-refractivity contribution < 1.29 is 14.7 Å². The van der Waals surface area contributed by atoms with Gasteiger partial charge >= 0.3 is 5.97 Å². The van der Waals surface area contributed by atoms with Crippen LogP contribution in [0.3, 0.4) is 0 Å². The molecule has 0 bridgehead atoms. The lowest BCUT2D eigenvalue weighted by Gasteiger charge is -2.16. The average molecular weight is 316 g/mol. The second-order valence-corrected chi connectivity index (χ2v) is 5.68. The zero-order chi connectivity index (χ0) is 15.7. The number of carboxylic acid groups (broad SMARTS) is 1.